The third-order valence-electron chi connectivity index (χ3n) is 3.83. The highest BCUT2D eigenvalue weighted by Crippen LogP contribution is 2.35. The molecule has 2 amide bonds. The lowest BCUT2D eigenvalue weighted by Gasteiger charge is -2.23. The molecular weight excluding hydrogens is 346 g/mol. The van der Waals surface area contributed by atoms with Gasteiger partial charge in [-0.1, -0.05) is 11.6 Å². The van der Waals surface area contributed by atoms with Crippen LogP contribution in [0.2, 0.25) is 5.15 Å². The maximum absolute atomic E-state index is 12.3. The Kier molecular flexibility index (Phi) is 4.32. The third kappa shape index (κ3) is 4.19. The van der Waals surface area contributed by atoms with Crippen LogP contribution in [0.1, 0.15) is 44.1 Å². The molecule has 0 aromatic carbocycles. The normalized spacial score (nSPS) is 15.7. The molecule has 0 atom stereocenters. The Balaban J connectivity index is 1.60. The van der Waals surface area contributed by atoms with Crippen molar-refractivity contribution in [3.63, 3.8) is 0 Å². The van der Waals surface area contributed by atoms with Gasteiger partial charge in [-0.15, -0.1) is 0 Å². The summed E-state index contributed by atoms with van der Waals surface area (Å²) in [7, 11) is 0. The molecule has 134 valence electrons. The maximum atomic E-state index is 12.3. The van der Waals surface area contributed by atoms with Crippen LogP contribution in [0.4, 0.5) is 4.79 Å². The number of ether oxygens (including phenoxy) is 1. The molecule has 0 spiro atoms. The molecule has 25 heavy (non-hydrogen) atoms. The average molecular weight is 366 g/mol. The molecular formula is C16H20ClN5O3. The SMILES string of the molecule is CC(C)(C)OC(=O)NC1(CNC(=O)c2cc3c(Cl)ncnc3[nH]2)CC1. The van der Waals surface area contributed by atoms with Crippen molar-refractivity contribution in [2.45, 2.75) is 44.8 Å². The number of rotatable bonds is 4. The number of nitrogens with one attached hydrogen (secondary N) is 3. The van der Waals surface area contributed by atoms with Crippen LogP contribution in [-0.2, 0) is 4.74 Å². The Morgan fingerprint density at radius 1 is 1.36 bits per heavy atom. The third-order valence-corrected chi connectivity index (χ3v) is 4.13. The molecule has 8 nitrogen and oxygen atoms in total. The van der Waals surface area contributed by atoms with Crippen LogP contribution in [0.25, 0.3) is 11.0 Å². The van der Waals surface area contributed by atoms with E-state index in [0.717, 1.165) is 12.8 Å². The molecule has 3 rings (SSSR count). The second-order valence-electron chi connectivity index (χ2n) is 7.20. The Hall–Kier alpha value is -2.35. The Labute approximate surface area is 149 Å². The van der Waals surface area contributed by atoms with Crippen LogP contribution in [0.15, 0.2) is 12.4 Å². The lowest BCUT2D eigenvalue weighted by atomic mass is 10.2. The van der Waals surface area contributed by atoms with E-state index >= 15 is 0 Å². The van der Waals surface area contributed by atoms with Crippen molar-refractivity contribution in [1.29, 1.82) is 0 Å². The van der Waals surface area contributed by atoms with Crippen molar-refractivity contribution >= 4 is 34.6 Å². The van der Waals surface area contributed by atoms with E-state index in [2.05, 4.69) is 25.6 Å². The molecule has 1 saturated carbocycles. The second-order valence-corrected chi connectivity index (χ2v) is 7.56. The highest BCUT2D eigenvalue weighted by Gasteiger charge is 2.45. The molecule has 0 unspecified atom stereocenters. The van der Waals surface area contributed by atoms with Crippen LogP contribution in [0.3, 0.4) is 0 Å². The molecule has 2 heterocycles. The molecule has 1 fully saturated rings. The van der Waals surface area contributed by atoms with Crippen LogP contribution in [-0.4, -0.2) is 44.6 Å². The molecule has 0 aliphatic heterocycles. The number of hydrogen-bond acceptors (Lipinski definition) is 5. The van der Waals surface area contributed by atoms with E-state index in [1.807, 2.05) is 0 Å². The summed E-state index contributed by atoms with van der Waals surface area (Å²) >= 11 is 5.98. The van der Waals surface area contributed by atoms with E-state index < -0.39 is 17.2 Å². The Morgan fingerprint density at radius 2 is 2.08 bits per heavy atom. The van der Waals surface area contributed by atoms with Crippen molar-refractivity contribution < 1.29 is 14.3 Å². The lowest BCUT2D eigenvalue weighted by molar-refractivity contribution is 0.0493. The van der Waals surface area contributed by atoms with Crippen molar-refractivity contribution in [1.82, 2.24) is 25.6 Å². The van der Waals surface area contributed by atoms with E-state index in [9.17, 15) is 9.59 Å². The Bertz CT molecular complexity index is 823. The van der Waals surface area contributed by atoms with E-state index in [1.165, 1.54) is 6.33 Å². The van der Waals surface area contributed by atoms with Gasteiger partial charge in [0.1, 0.15) is 28.4 Å². The van der Waals surface area contributed by atoms with E-state index in [0.29, 0.717) is 23.3 Å². The summed E-state index contributed by atoms with van der Waals surface area (Å²) in [5, 5.41) is 6.52. The monoisotopic (exact) mass is 365 g/mol. The molecule has 2 aromatic heterocycles. The largest absolute Gasteiger partial charge is 0.444 e. The topological polar surface area (TPSA) is 109 Å². The van der Waals surface area contributed by atoms with E-state index in [1.54, 1.807) is 26.8 Å². The van der Waals surface area contributed by atoms with Gasteiger partial charge in [-0.2, -0.15) is 0 Å². The maximum Gasteiger partial charge on any atom is 0.408 e. The van der Waals surface area contributed by atoms with Crippen molar-refractivity contribution in [2.75, 3.05) is 6.54 Å². The smallest absolute Gasteiger partial charge is 0.408 e. The molecule has 9 heteroatoms. The van der Waals surface area contributed by atoms with Crippen LogP contribution >= 0.6 is 11.6 Å². The highest BCUT2D eigenvalue weighted by atomic mass is 35.5. The fraction of sp³-hybridized carbons (Fsp3) is 0.500. The van der Waals surface area contributed by atoms with Gasteiger partial charge in [0.2, 0.25) is 0 Å². The molecule has 0 saturated heterocycles. The molecule has 2 aromatic rings. The number of alkyl carbamates (subject to hydrolysis) is 1. The fourth-order valence-electron chi connectivity index (χ4n) is 2.39. The van der Waals surface area contributed by atoms with E-state index in [4.69, 9.17) is 16.3 Å². The first kappa shape index (κ1) is 17.5. The van der Waals surface area contributed by atoms with Crippen molar-refractivity contribution in [2.24, 2.45) is 0 Å². The minimum Gasteiger partial charge on any atom is -0.444 e. The second kappa shape index (κ2) is 6.18. The number of carbonyl (C=O) groups excluding carboxylic acids is 2. The number of carbonyl (C=O) groups is 2. The van der Waals surface area contributed by atoms with Gasteiger partial charge in [0.25, 0.3) is 5.91 Å². The number of nitrogens with zero attached hydrogens (tertiary/aromatic N) is 2. The molecule has 3 N–H and O–H groups in total. The zero-order chi connectivity index (χ0) is 18.2. The number of fused-ring (bicyclic) bond motifs is 1. The number of aromatic nitrogens is 3. The molecule has 0 radical (unpaired) electrons. The van der Waals surface area contributed by atoms with Gasteiger partial charge >= 0.3 is 6.09 Å². The number of aromatic amines is 1. The zero-order valence-electron chi connectivity index (χ0n) is 14.3. The highest BCUT2D eigenvalue weighted by molar-refractivity contribution is 6.34. The summed E-state index contributed by atoms with van der Waals surface area (Å²) in [5.41, 5.74) is -0.168. The molecule has 1 aliphatic rings. The van der Waals surface area contributed by atoms with Gasteiger partial charge in [0, 0.05) is 6.54 Å². The predicted molar refractivity (Wildman–Crippen MR) is 92.6 cm³/mol. The van der Waals surface area contributed by atoms with Gasteiger partial charge in [0.15, 0.2) is 0 Å². The van der Waals surface area contributed by atoms with Gasteiger partial charge in [-0.3, -0.25) is 4.79 Å². The van der Waals surface area contributed by atoms with Gasteiger partial charge in [-0.05, 0) is 39.7 Å². The first-order chi connectivity index (χ1) is 11.7. The first-order valence-corrected chi connectivity index (χ1v) is 8.34. The molecule has 1 aliphatic carbocycles. The number of H-pyrrole nitrogens is 1. The standard InChI is InChI=1S/C16H20ClN5O3/c1-15(2,3)25-14(24)22-16(4-5-16)7-18-13(23)10-6-9-11(17)19-8-20-12(9)21-10/h6,8H,4-5,7H2,1-3H3,(H,18,23)(H,22,24)(H,19,20,21). The van der Waals surface area contributed by atoms with Gasteiger partial charge in [-0.25, -0.2) is 14.8 Å². The lowest BCUT2D eigenvalue weighted by Crippen LogP contribution is -2.47. The van der Waals surface area contributed by atoms with Gasteiger partial charge in [0.05, 0.1) is 10.9 Å². The molecule has 0 bridgehead atoms. The Morgan fingerprint density at radius 3 is 2.68 bits per heavy atom. The van der Waals surface area contributed by atoms with Crippen molar-refractivity contribution in [3.8, 4) is 0 Å². The summed E-state index contributed by atoms with van der Waals surface area (Å²) < 4.78 is 5.26. The predicted octanol–water partition coefficient (Wildman–Crippen LogP) is 2.40. The van der Waals surface area contributed by atoms with Crippen LogP contribution < -0.4 is 10.6 Å². The number of amides is 2. The van der Waals surface area contributed by atoms with E-state index in [-0.39, 0.29) is 11.1 Å². The van der Waals surface area contributed by atoms with Crippen LogP contribution in [0, 0.1) is 0 Å². The summed E-state index contributed by atoms with van der Waals surface area (Å²) in [5.74, 6) is -0.300. The van der Waals surface area contributed by atoms with Crippen molar-refractivity contribution in [3.05, 3.63) is 23.2 Å². The average Bonchev–Trinajstić information content (AvgIpc) is 3.09. The quantitative estimate of drug-likeness (QED) is 0.721. The fourth-order valence-corrected chi connectivity index (χ4v) is 2.58. The van der Waals surface area contributed by atoms with Gasteiger partial charge < -0.3 is 20.4 Å². The summed E-state index contributed by atoms with van der Waals surface area (Å²) in [6, 6.07) is 1.61. The number of hydrogen-bond donors (Lipinski definition) is 3. The minimum atomic E-state index is -0.561. The summed E-state index contributed by atoms with van der Waals surface area (Å²) in [6.07, 6.45) is 2.42. The first-order valence-electron chi connectivity index (χ1n) is 7.96. The summed E-state index contributed by atoms with van der Waals surface area (Å²) in [4.78, 5) is 35.1. The zero-order valence-corrected chi connectivity index (χ0v) is 15.0. The van der Waals surface area contributed by atoms with Crippen LogP contribution in [0.5, 0.6) is 0 Å². The number of halogens is 1. The minimum absolute atomic E-state index is 0.283. The summed E-state index contributed by atoms with van der Waals surface area (Å²) in [6.45, 7) is 5.73.